The summed E-state index contributed by atoms with van der Waals surface area (Å²) < 4.78 is 0. The lowest BCUT2D eigenvalue weighted by atomic mass is 10.1. The molecular formula is C9H17ClN2O2. The van der Waals surface area contributed by atoms with Crippen molar-refractivity contribution < 1.29 is 9.59 Å². The number of nitrogens with one attached hydrogen (secondary N) is 2. The molecule has 4 nitrogen and oxygen atoms in total. The van der Waals surface area contributed by atoms with Crippen molar-refractivity contribution in [3.8, 4) is 0 Å². The van der Waals surface area contributed by atoms with Crippen LogP contribution in [0.15, 0.2) is 0 Å². The first-order chi connectivity index (χ1) is 6.22. The van der Waals surface area contributed by atoms with Crippen LogP contribution >= 0.6 is 11.6 Å². The molecule has 0 rings (SSSR count). The van der Waals surface area contributed by atoms with Gasteiger partial charge in [-0.15, -0.1) is 11.6 Å². The van der Waals surface area contributed by atoms with Crippen LogP contribution in [-0.4, -0.2) is 29.3 Å². The molecule has 5 heteroatoms. The molecule has 1 unspecified atom stereocenters. The minimum absolute atomic E-state index is 0.0346. The van der Waals surface area contributed by atoms with E-state index in [0.717, 1.165) is 0 Å². The highest BCUT2D eigenvalue weighted by molar-refractivity contribution is 6.30. The Morgan fingerprint density at radius 3 is 2.21 bits per heavy atom. The summed E-state index contributed by atoms with van der Waals surface area (Å²) in [5.74, 6) is -0.557. The molecule has 14 heavy (non-hydrogen) atoms. The van der Waals surface area contributed by atoms with E-state index < -0.39 is 5.38 Å². The van der Waals surface area contributed by atoms with E-state index in [4.69, 9.17) is 11.6 Å². The molecule has 0 saturated carbocycles. The van der Waals surface area contributed by atoms with E-state index in [1.165, 1.54) is 0 Å². The van der Waals surface area contributed by atoms with Crippen molar-refractivity contribution in [2.75, 3.05) is 6.54 Å². The third kappa shape index (κ3) is 6.71. The average molecular weight is 221 g/mol. The number of carbonyl (C=O) groups is 2. The Bertz CT molecular complexity index is 221. The van der Waals surface area contributed by atoms with Crippen LogP contribution in [0, 0.1) is 0 Å². The zero-order valence-corrected chi connectivity index (χ0v) is 9.73. The highest BCUT2D eigenvalue weighted by Gasteiger charge is 2.15. The molecule has 0 saturated heterocycles. The molecule has 0 aliphatic carbocycles. The van der Waals surface area contributed by atoms with Gasteiger partial charge in [-0.1, -0.05) is 0 Å². The average Bonchev–Trinajstić information content (AvgIpc) is 1.96. The molecule has 0 aliphatic heterocycles. The van der Waals surface area contributed by atoms with E-state index in [9.17, 15) is 9.59 Å². The number of alkyl halides is 1. The van der Waals surface area contributed by atoms with Gasteiger partial charge in [0.15, 0.2) is 0 Å². The van der Waals surface area contributed by atoms with Crippen LogP contribution in [-0.2, 0) is 9.59 Å². The summed E-state index contributed by atoms with van der Waals surface area (Å²) in [5.41, 5.74) is -0.283. The Labute approximate surface area is 89.4 Å². The predicted octanol–water partition coefficient (Wildman–Crippen LogP) is 0.645. The molecule has 0 aliphatic rings. The Balaban J connectivity index is 3.81. The largest absolute Gasteiger partial charge is 0.350 e. The van der Waals surface area contributed by atoms with E-state index in [1.807, 2.05) is 20.8 Å². The molecule has 0 radical (unpaired) electrons. The minimum Gasteiger partial charge on any atom is -0.350 e. The smallest absolute Gasteiger partial charge is 0.239 e. The van der Waals surface area contributed by atoms with Crippen LogP contribution in [0.5, 0.6) is 0 Å². The van der Waals surface area contributed by atoms with Gasteiger partial charge in [-0.2, -0.15) is 0 Å². The van der Waals surface area contributed by atoms with E-state index in [2.05, 4.69) is 10.6 Å². The van der Waals surface area contributed by atoms with Gasteiger partial charge < -0.3 is 10.6 Å². The van der Waals surface area contributed by atoms with Crippen molar-refractivity contribution >= 4 is 23.4 Å². The molecular weight excluding hydrogens is 204 g/mol. The summed E-state index contributed by atoms with van der Waals surface area (Å²) in [5, 5.41) is 4.52. The van der Waals surface area contributed by atoms with Gasteiger partial charge in [-0.05, 0) is 27.7 Å². The summed E-state index contributed by atoms with van der Waals surface area (Å²) in [6.07, 6.45) is 0. The van der Waals surface area contributed by atoms with Crippen molar-refractivity contribution in [2.45, 2.75) is 38.6 Å². The van der Waals surface area contributed by atoms with Gasteiger partial charge >= 0.3 is 0 Å². The molecule has 0 spiro atoms. The van der Waals surface area contributed by atoms with Gasteiger partial charge in [0, 0.05) is 5.54 Å². The van der Waals surface area contributed by atoms with Crippen molar-refractivity contribution in [3.05, 3.63) is 0 Å². The maximum absolute atomic E-state index is 11.2. The number of amides is 2. The lowest BCUT2D eigenvalue weighted by Gasteiger charge is -2.20. The van der Waals surface area contributed by atoms with Crippen LogP contribution in [0.1, 0.15) is 27.7 Å². The van der Waals surface area contributed by atoms with Gasteiger partial charge in [-0.25, -0.2) is 0 Å². The highest BCUT2D eigenvalue weighted by Crippen LogP contribution is 1.97. The SMILES string of the molecule is CC(Cl)C(=O)NCC(=O)NC(C)(C)C. The second-order valence-corrected chi connectivity index (χ2v) is 4.79. The minimum atomic E-state index is -0.613. The number of hydrogen-bond donors (Lipinski definition) is 2. The quantitative estimate of drug-likeness (QED) is 0.686. The third-order valence-electron chi connectivity index (χ3n) is 1.30. The molecule has 0 aromatic rings. The fraction of sp³-hybridized carbons (Fsp3) is 0.778. The first kappa shape index (κ1) is 13.2. The predicted molar refractivity (Wildman–Crippen MR) is 56.2 cm³/mol. The number of halogens is 1. The zero-order valence-electron chi connectivity index (χ0n) is 8.98. The normalized spacial score (nSPS) is 13.2. The molecule has 82 valence electrons. The molecule has 0 bridgehead atoms. The summed E-state index contributed by atoms with van der Waals surface area (Å²) >= 11 is 5.50. The van der Waals surface area contributed by atoms with Crippen LogP contribution in [0.2, 0.25) is 0 Å². The molecule has 1 atom stereocenters. The number of carbonyl (C=O) groups excluding carboxylic acids is 2. The van der Waals surface area contributed by atoms with Crippen LogP contribution < -0.4 is 10.6 Å². The van der Waals surface area contributed by atoms with Crippen molar-refractivity contribution in [1.29, 1.82) is 0 Å². The topological polar surface area (TPSA) is 58.2 Å². The highest BCUT2D eigenvalue weighted by atomic mass is 35.5. The van der Waals surface area contributed by atoms with Crippen LogP contribution in [0.3, 0.4) is 0 Å². The Morgan fingerprint density at radius 1 is 1.36 bits per heavy atom. The fourth-order valence-corrected chi connectivity index (χ4v) is 0.848. The second-order valence-electron chi connectivity index (χ2n) is 4.13. The van der Waals surface area contributed by atoms with Crippen molar-refractivity contribution in [1.82, 2.24) is 10.6 Å². The standard InChI is InChI=1S/C9H17ClN2O2/c1-6(10)8(14)11-5-7(13)12-9(2,3)4/h6H,5H2,1-4H3,(H,11,14)(H,12,13). The van der Waals surface area contributed by atoms with E-state index in [-0.39, 0.29) is 23.9 Å². The molecule has 0 aromatic carbocycles. The van der Waals surface area contributed by atoms with E-state index >= 15 is 0 Å². The van der Waals surface area contributed by atoms with Crippen molar-refractivity contribution in [3.63, 3.8) is 0 Å². The molecule has 2 amide bonds. The second kappa shape index (κ2) is 5.20. The summed E-state index contributed by atoms with van der Waals surface area (Å²) in [4.78, 5) is 22.2. The Hall–Kier alpha value is -0.770. The maximum atomic E-state index is 11.2. The monoisotopic (exact) mass is 220 g/mol. The Kier molecular flexibility index (Phi) is 4.91. The lowest BCUT2D eigenvalue weighted by molar-refractivity contribution is -0.126. The van der Waals surface area contributed by atoms with Gasteiger partial charge in [-0.3, -0.25) is 9.59 Å². The van der Waals surface area contributed by atoms with Crippen molar-refractivity contribution in [2.24, 2.45) is 0 Å². The lowest BCUT2D eigenvalue weighted by Crippen LogP contribution is -2.46. The fourth-order valence-electron chi connectivity index (χ4n) is 0.770. The van der Waals surface area contributed by atoms with Crippen LogP contribution in [0.25, 0.3) is 0 Å². The number of rotatable bonds is 3. The summed E-state index contributed by atoms with van der Waals surface area (Å²) in [6, 6.07) is 0. The summed E-state index contributed by atoms with van der Waals surface area (Å²) in [7, 11) is 0. The van der Waals surface area contributed by atoms with Gasteiger partial charge in [0.2, 0.25) is 11.8 Å². The third-order valence-corrected chi connectivity index (χ3v) is 1.50. The Morgan fingerprint density at radius 2 is 1.86 bits per heavy atom. The van der Waals surface area contributed by atoms with Gasteiger partial charge in [0.1, 0.15) is 5.38 Å². The van der Waals surface area contributed by atoms with E-state index in [0.29, 0.717) is 0 Å². The van der Waals surface area contributed by atoms with Crippen LogP contribution in [0.4, 0.5) is 0 Å². The van der Waals surface area contributed by atoms with Gasteiger partial charge in [0.05, 0.1) is 6.54 Å². The first-order valence-corrected chi connectivity index (χ1v) is 4.89. The summed E-state index contributed by atoms with van der Waals surface area (Å²) in [6.45, 7) is 7.14. The molecule has 0 heterocycles. The molecule has 0 aromatic heterocycles. The zero-order chi connectivity index (χ0) is 11.4. The first-order valence-electron chi connectivity index (χ1n) is 4.45. The molecule has 2 N–H and O–H groups in total. The van der Waals surface area contributed by atoms with Gasteiger partial charge in [0.25, 0.3) is 0 Å². The maximum Gasteiger partial charge on any atom is 0.239 e. The number of hydrogen-bond acceptors (Lipinski definition) is 2. The van der Waals surface area contributed by atoms with E-state index in [1.54, 1.807) is 6.92 Å². The molecule has 0 fully saturated rings.